The van der Waals surface area contributed by atoms with E-state index in [0.29, 0.717) is 17.9 Å². The number of carbonyl (C=O) groups excluding carboxylic acids is 1. The van der Waals surface area contributed by atoms with E-state index >= 15 is 0 Å². The van der Waals surface area contributed by atoms with Gasteiger partial charge in [-0.25, -0.2) is 9.18 Å². The molecule has 150 valence electrons. The highest BCUT2D eigenvalue weighted by molar-refractivity contribution is 5.93. The maximum absolute atomic E-state index is 14.3. The van der Waals surface area contributed by atoms with E-state index in [1.165, 1.54) is 39.2 Å². The summed E-state index contributed by atoms with van der Waals surface area (Å²) in [6, 6.07) is 3.34. The summed E-state index contributed by atoms with van der Waals surface area (Å²) in [5.41, 5.74) is 0.726. The summed E-state index contributed by atoms with van der Waals surface area (Å²) in [7, 11) is 1.39. The molecule has 3 atom stereocenters. The Kier molecular flexibility index (Phi) is 7.11. The van der Waals surface area contributed by atoms with Crippen LogP contribution in [0.3, 0.4) is 0 Å². The zero-order valence-electron chi connectivity index (χ0n) is 16.5. The molecule has 1 aromatic rings. The average molecular weight is 378 g/mol. The fourth-order valence-corrected chi connectivity index (χ4v) is 4.17. The Morgan fingerprint density at radius 2 is 1.96 bits per heavy atom. The number of halogens is 1. The van der Waals surface area contributed by atoms with Crippen molar-refractivity contribution in [3.63, 3.8) is 0 Å². The molecule has 1 aromatic carbocycles. The molecule has 2 aliphatic heterocycles. The Morgan fingerprint density at radius 1 is 1.15 bits per heavy atom. The quantitative estimate of drug-likeness (QED) is 0.468. The molecule has 2 aliphatic rings. The number of methoxy groups -OCH3 is 1. The van der Waals surface area contributed by atoms with Gasteiger partial charge in [-0.15, -0.1) is 0 Å². The summed E-state index contributed by atoms with van der Waals surface area (Å²) in [6.45, 7) is 3.08. The smallest absolute Gasteiger partial charge is 0.341 e. The third-order valence-electron chi connectivity index (χ3n) is 5.83. The molecule has 3 rings (SSSR count). The molecule has 0 N–H and O–H groups in total. The second-order valence-electron chi connectivity index (χ2n) is 7.82. The number of cyclic esters (lactones) is 1. The van der Waals surface area contributed by atoms with Gasteiger partial charge in [0, 0.05) is 13.0 Å². The van der Waals surface area contributed by atoms with Gasteiger partial charge in [0.2, 0.25) is 0 Å². The predicted molar refractivity (Wildman–Crippen MR) is 102 cm³/mol. The minimum absolute atomic E-state index is 0.0226. The molecule has 0 aromatic heterocycles. The van der Waals surface area contributed by atoms with E-state index in [4.69, 9.17) is 14.2 Å². The zero-order valence-corrected chi connectivity index (χ0v) is 16.5. The van der Waals surface area contributed by atoms with Gasteiger partial charge >= 0.3 is 5.97 Å². The number of esters is 1. The largest absolute Gasteiger partial charge is 0.494 e. The van der Waals surface area contributed by atoms with Crippen LogP contribution in [0.15, 0.2) is 12.1 Å². The van der Waals surface area contributed by atoms with Gasteiger partial charge < -0.3 is 14.2 Å². The molecule has 27 heavy (non-hydrogen) atoms. The normalized spacial score (nSPS) is 25.0. The van der Waals surface area contributed by atoms with E-state index in [1.54, 1.807) is 12.1 Å². The molecule has 0 radical (unpaired) electrons. The summed E-state index contributed by atoms with van der Waals surface area (Å²) in [5, 5.41) is 0. The molecule has 0 bridgehead atoms. The molecule has 0 aliphatic carbocycles. The number of benzene rings is 1. The monoisotopic (exact) mass is 378 g/mol. The molecular formula is C22H31FO4. The van der Waals surface area contributed by atoms with Crippen LogP contribution >= 0.6 is 0 Å². The lowest BCUT2D eigenvalue weighted by Gasteiger charge is -2.31. The Morgan fingerprint density at radius 3 is 2.67 bits per heavy atom. The number of unbranched alkanes of at least 4 members (excludes halogenated alkanes) is 2. The fourth-order valence-electron chi connectivity index (χ4n) is 4.17. The SMILES string of the molecule is CCCCCC1CCC(CCC2Cc3ccc(OC)c(F)c3C(=O)O2)OC1. The van der Waals surface area contributed by atoms with Crippen LogP contribution in [0.1, 0.15) is 74.2 Å². The number of rotatable bonds is 8. The van der Waals surface area contributed by atoms with Crippen LogP contribution in [-0.4, -0.2) is 31.9 Å². The summed E-state index contributed by atoms with van der Waals surface area (Å²) in [6.07, 6.45) is 9.68. The van der Waals surface area contributed by atoms with Crippen molar-refractivity contribution in [2.75, 3.05) is 13.7 Å². The van der Waals surface area contributed by atoms with Crippen molar-refractivity contribution in [2.24, 2.45) is 5.92 Å². The third kappa shape index (κ3) is 5.01. The first-order chi connectivity index (χ1) is 13.1. The Labute approximate surface area is 161 Å². The van der Waals surface area contributed by atoms with Crippen LogP contribution in [0.4, 0.5) is 4.39 Å². The Balaban J connectivity index is 1.47. The van der Waals surface area contributed by atoms with Crippen molar-refractivity contribution in [2.45, 2.75) is 76.9 Å². The molecule has 0 saturated carbocycles. The van der Waals surface area contributed by atoms with Crippen LogP contribution in [0.25, 0.3) is 0 Å². The highest BCUT2D eigenvalue weighted by atomic mass is 19.1. The Bertz CT molecular complexity index is 637. The van der Waals surface area contributed by atoms with Crippen molar-refractivity contribution in [3.05, 3.63) is 29.1 Å². The molecule has 1 saturated heterocycles. The minimum Gasteiger partial charge on any atom is -0.494 e. The van der Waals surface area contributed by atoms with Crippen molar-refractivity contribution in [3.8, 4) is 5.75 Å². The maximum atomic E-state index is 14.3. The Hall–Kier alpha value is -1.62. The van der Waals surface area contributed by atoms with E-state index in [-0.39, 0.29) is 23.5 Å². The lowest BCUT2D eigenvalue weighted by molar-refractivity contribution is -0.0317. The molecule has 5 heteroatoms. The van der Waals surface area contributed by atoms with E-state index in [0.717, 1.165) is 25.9 Å². The highest BCUT2D eigenvalue weighted by Crippen LogP contribution is 2.32. The van der Waals surface area contributed by atoms with Crippen molar-refractivity contribution in [1.82, 2.24) is 0 Å². The average Bonchev–Trinajstić information content (AvgIpc) is 2.67. The van der Waals surface area contributed by atoms with Crippen LogP contribution in [0.2, 0.25) is 0 Å². The van der Waals surface area contributed by atoms with Crippen LogP contribution < -0.4 is 4.74 Å². The van der Waals surface area contributed by atoms with Gasteiger partial charge in [-0.3, -0.25) is 0 Å². The van der Waals surface area contributed by atoms with Crippen molar-refractivity contribution < 1.29 is 23.4 Å². The van der Waals surface area contributed by atoms with E-state index in [2.05, 4.69) is 6.92 Å². The van der Waals surface area contributed by atoms with Crippen molar-refractivity contribution >= 4 is 5.97 Å². The van der Waals surface area contributed by atoms with Gasteiger partial charge in [0.15, 0.2) is 11.6 Å². The van der Waals surface area contributed by atoms with Gasteiger partial charge in [-0.2, -0.15) is 0 Å². The molecule has 0 amide bonds. The van der Waals surface area contributed by atoms with Gasteiger partial charge in [-0.1, -0.05) is 32.3 Å². The van der Waals surface area contributed by atoms with Gasteiger partial charge in [0.1, 0.15) is 11.7 Å². The number of hydrogen-bond acceptors (Lipinski definition) is 4. The first-order valence-corrected chi connectivity index (χ1v) is 10.3. The topological polar surface area (TPSA) is 44.8 Å². The van der Waals surface area contributed by atoms with Crippen LogP contribution in [0.5, 0.6) is 5.75 Å². The minimum atomic E-state index is -0.622. The number of carbonyl (C=O) groups is 1. The highest BCUT2D eigenvalue weighted by Gasteiger charge is 2.31. The molecule has 2 heterocycles. The van der Waals surface area contributed by atoms with Gasteiger partial charge in [0.25, 0.3) is 0 Å². The molecule has 3 unspecified atom stereocenters. The van der Waals surface area contributed by atoms with Gasteiger partial charge in [-0.05, 0) is 49.7 Å². The second-order valence-corrected chi connectivity index (χ2v) is 7.82. The third-order valence-corrected chi connectivity index (χ3v) is 5.83. The van der Waals surface area contributed by atoms with Crippen LogP contribution in [0, 0.1) is 11.7 Å². The maximum Gasteiger partial charge on any atom is 0.341 e. The summed E-state index contributed by atoms with van der Waals surface area (Å²) < 4.78 is 30.8. The molecule has 1 fully saturated rings. The second kappa shape index (κ2) is 9.54. The summed E-state index contributed by atoms with van der Waals surface area (Å²) >= 11 is 0. The lowest BCUT2D eigenvalue weighted by Crippen LogP contribution is -2.31. The van der Waals surface area contributed by atoms with E-state index < -0.39 is 11.8 Å². The van der Waals surface area contributed by atoms with Crippen molar-refractivity contribution in [1.29, 1.82) is 0 Å². The van der Waals surface area contributed by atoms with E-state index in [9.17, 15) is 9.18 Å². The first-order valence-electron chi connectivity index (χ1n) is 10.3. The van der Waals surface area contributed by atoms with Gasteiger partial charge in [0.05, 0.1) is 13.2 Å². The molecule has 0 spiro atoms. The predicted octanol–water partition coefficient (Wildman–Crippen LogP) is 5.07. The lowest BCUT2D eigenvalue weighted by atomic mass is 9.90. The number of hydrogen-bond donors (Lipinski definition) is 0. The standard InChI is InChI=1S/C22H31FO4/c1-3-4-5-6-15-7-9-17(26-14-15)10-11-18-13-16-8-12-19(25-2)21(23)20(16)22(24)27-18/h8,12,15,17-18H,3-7,9-11,13-14H2,1-2H3. The summed E-state index contributed by atoms with van der Waals surface area (Å²) in [5.74, 6) is -0.431. The molecule has 4 nitrogen and oxygen atoms in total. The summed E-state index contributed by atoms with van der Waals surface area (Å²) in [4.78, 5) is 12.3. The number of ether oxygens (including phenoxy) is 3. The van der Waals surface area contributed by atoms with Crippen LogP contribution in [-0.2, 0) is 15.9 Å². The first kappa shape index (κ1) is 20.1. The fraction of sp³-hybridized carbons (Fsp3) is 0.682. The van der Waals surface area contributed by atoms with E-state index in [1.807, 2.05) is 0 Å². The number of fused-ring (bicyclic) bond motifs is 1. The zero-order chi connectivity index (χ0) is 19.2. The molecular weight excluding hydrogens is 347 g/mol.